The Morgan fingerprint density at radius 2 is 0.985 bits per heavy atom. The minimum atomic E-state index is -0.568. The van der Waals surface area contributed by atoms with E-state index in [1.165, 1.54) is 35.4 Å². The number of aliphatic hydroxyl groups excluding tert-OH is 1. The van der Waals surface area contributed by atoms with Gasteiger partial charge in [0, 0.05) is 61.5 Å². The summed E-state index contributed by atoms with van der Waals surface area (Å²) in [5.41, 5.74) is 44.5. The smallest absolute Gasteiger partial charge is 0.273 e. The van der Waals surface area contributed by atoms with Crippen LogP contribution in [0.4, 0.5) is 5.69 Å². The summed E-state index contributed by atoms with van der Waals surface area (Å²) < 4.78 is 4.77. The molecule has 0 amide bonds. The molecule has 0 fully saturated rings. The summed E-state index contributed by atoms with van der Waals surface area (Å²) >= 11 is 5.74. The summed E-state index contributed by atoms with van der Waals surface area (Å²) in [6.07, 6.45) is 0. The molecule has 14 nitrogen and oxygen atoms in total. The zero-order valence-electron chi connectivity index (χ0n) is 37.6. The Morgan fingerprint density at radius 1 is 0.530 bits per heavy atom. The number of aliphatic hydroxyl groups is 1. The summed E-state index contributed by atoms with van der Waals surface area (Å²) in [5, 5.41) is 47.8. The quantitative estimate of drug-likeness (QED) is 0.0479. The first kappa shape index (κ1) is 62.0. The number of nitrogens with two attached hydrogens (primary N) is 6. The number of aryl methyl sites for hydroxylation is 5. The van der Waals surface area contributed by atoms with Crippen molar-refractivity contribution in [3.63, 3.8) is 0 Å². The van der Waals surface area contributed by atoms with Gasteiger partial charge in [-0.2, -0.15) is 0 Å². The van der Waals surface area contributed by atoms with Gasteiger partial charge in [-0.1, -0.05) is 99.3 Å². The molecule has 6 aromatic carbocycles. The molecule has 0 heterocycles. The number of phenols is 3. The number of nitrogens with zero attached hydrogens (tertiary/aromatic N) is 1. The topological polar surface area (TPSA) is 289 Å². The highest BCUT2D eigenvalue weighted by atomic mass is 35.5. The van der Waals surface area contributed by atoms with Crippen molar-refractivity contribution in [2.45, 2.75) is 95.3 Å². The maximum absolute atomic E-state index is 10.5. The van der Waals surface area contributed by atoms with Gasteiger partial charge in [0.05, 0.1) is 24.7 Å². The zero-order chi connectivity index (χ0) is 48.4. The van der Waals surface area contributed by atoms with Gasteiger partial charge in [-0.25, -0.2) is 0 Å². The van der Waals surface area contributed by atoms with Gasteiger partial charge in [0.15, 0.2) is 11.5 Å². The lowest BCUT2D eigenvalue weighted by atomic mass is 10.1. The molecule has 0 saturated heterocycles. The van der Waals surface area contributed by atoms with E-state index in [1.807, 2.05) is 100 Å². The highest BCUT2D eigenvalue weighted by Gasteiger charge is 2.15. The number of rotatable bonds is 9. The van der Waals surface area contributed by atoms with Crippen molar-refractivity contribution >= 4 is 17.3 Å². The van der Waals surface area contributed by atoms with E-state index >= 15 is 0 Å². The first-order valence-electron chi connectivity index (χ1n) is 20.2. The van der Waals surface area contributed by atoms with Crippen LogP contribution >= 0.6 is 11.6 Å². The van der Waals surface area contributed by atoms with Gasteiger partial charge in [-0.3, -0.25) is 10.1 Å². The fourth-order valence-corrected chi connectivity index (χ4v) is 5.77. The fraction of sp³-hybridized carbons (Fsp3) is 0.294. The van der Waals surface area contributed by atoms with Crippen molar-refractivity contribution in [2.75, 3.05) is 7.11 Å². The van der Waals surface area contributed by atoms with Crippen LogP contribution in [-0.2, 0) is 45.9 Å². The molecular weight excluding hydrogens is 858 g/mol. The Balaban J connectivity index is 0. The third kappa shape index (κ3) is 21.3. The molecule has 0 aliphatic heterocycles. The van der Waals surface area contributed by atoms with Crippen LogP contribution in [0, 0.1) is 44.7 Å². The number of para-hydroxylation sites is 1. The second kappa shape index (κ2) is 33.4. The van der Waals surface area contributed by atoms with Crippen molar-refractivity contribution in [1.29, 1.82) is 0 Å². The van der Waals surface area contributed by atoms with E-state index in [-0.39, 0.29) is 56.5 Å². The summed E-state index contributed by atoms with van der Waals surface area (Å²) in [4.78, 5) is 9.91. The van der Waals surface area contributed by atoms with Crippen LogP contribution in [-0.4, -0.2) is 32.5 Å². The number of nitro benzene ring substituents is 1. The van der Waals surface area contributed by atoms with Crippen LogP contribution in [0.15, 0.2) is 109 Å². The Morgan fingerprint density at radius 3 is 1.42 bits per heavy atom. The molecule has 66 heavy (non-hydrogen) atoms. The maximum atomic E-state index is 10.5. The molecule has 0 spiro atoms. The van der Waals surface area contributed by atoms with Gasteiger partial charge in [-0.05, 0) is 115 Å². The molecule has 0 aliphatic carbocycles. The number of methoxy groups -OCH3 is 1. The third-order valence-electron chi connectivity index (χ3n) is 9.71. The Hall–Kier alpha value is -6.07. The van der Waals surface area contributed by atoms with E-state index in [0.29, 0.717) is 38.5 Å². The summed E-state index contributed by atoms with van der Waals surface area (Å²) in [7, 11) is 1.32. The molecule has 0 aromatic heterocycles. The minimum absolute atomic E-state index is 0. The molecule has 0 bridgehead atoms. The van der Waals surface area contributed by atoms with E-state index in [1.54, 1.807) is 12.1 Å². The molecule has 0 atom stereocenters. The second-order valence-corrected chi connectivity index (χ2v) is 14.7. The second-order valence-electron chi connectivity index (χ2n) is 14.2. The van der Waals surface area contributed by atoms with Gasteiger partial charge >= 0.3 is 0 Å². The standard InChI is InChI=1S/C9H13NO.C8H10ClN.C8H10N2O4.2C8H11NO.C8H11N.2CH4/c1-7-2-3-8(6-11)4-9(7)5-10;1-6-2-3-8(9)4-7(6)5-10;1-14-7-3-6(10(12)13)2-5(4-9)8(7)11;1-6-2-3-8(10)4-7(6)5-9;1-6-3-2-4-7(5-9)8(6)10;1-7-4-2-3-5-8(7)6-9;;/h2-4,11H,5-6,10H2,1H3;2-4H,5,10H2,1H3;2-3,11H,4,9H2,1H3;2*2-4,10H,5,9H2,1H3;2-5H,6,9H2,1H3;2*1H4. The molecular formula is C51H74ClN7O7. The van der Waals surface area contributed by atoms with Crippen LogP contribution in [0.1, 0.15) is 81.6 Å². The van der Waals surface area contributed by atoms with Crippen molar-refractivity contribution in [3.8, 4) is 23.0 Å². The predicted octanol–water partition coefficient (Wildman–Crippen LogP) is 8.87. The van der Waals surface area contributed by atoms with E-state index < -0.39 is 4.92 Å². The van der Waals surface area contributed by atoms with Crippen LogP contribution < -0.4 is 39.1 Å². The van der Waals surface area contributed by atoms with E-state index in [0.717, 1.165) is 50.0 Å². The molecule has 0 unspecified atom stereocenters. The monoisotopic (exact) mass is 932 g/mol. The number of benzene rings is 6. The molecule has 0 saturated carbocycles. The number of phenolic OH excluding ortho intramolecular Hbond substituents is 3. The molecule has 362 valence electrons. The summed E-state index contributed by atoms with van der Waals surface area (Å²) in [5.74, 6) is 0.510. The molecule has 6 aromatic rings. The molecule has 16 N–H and O–H groups in total. The first-order chi connectivity index (χ1) is 30.4. The first-order valence-corrected chi connectivity index (χ1v) is 20.6. The lowest BCUT2D eigenvalue weighted by Gasteiger charge is -2.06. The number of non-ortho nitro benzene ring substituents is 1. The minimum Gasteiger partial charge on any atom is -0.508 e. The lowest BCUT2D eigenvalue weighted by Crippen LogP contribution is -2.00. The van der Waals surface area contributed by atoms with Gasteiger partial charge in [0.25, 0.3) is 5.69 Å². The SMILES string of the molecule is C.C.COc1cc([N+](=O)[O-])cc(CN)c1O.Cc1ccc(CO)cc1CN.Cc1ccc(Cl)cc1CN.Cc1ccc(O)cc1CN.Cc1cccc(CN)c1O.Cc1ccccc1CN. The summed E-state index contributed by atoms with van der Waals surface area (Å²) in [6.45, 7) is 12.7. The normalized spacial score (nSPS) is 9.55. The Bertz CT molecular complexity index is 2270. The van der Waals surface area contributed by atoms with Crippen LogP contribution in [0.5, 0.6) is 23.0 Å². The van der Waals surface area contributed by atoms with Crippen molar-refractivity contribution in [2.24, 2.45) is 34.4 Å². The predicted molar refractivity (Wildman–Crippen MR) is 272 cm³/mol. The van der Waals surface area contributed by atoms with Gasteiger partial charge in [0.1, 0.15) is 11.5 Å². The molecule has 15 heteroatoms. The maximum Gasteiger partial charge on any atom is 0.273 e. The third-order valence-corrected chi connectivity index (χ3v) is 9.95. The molecule has 0 aliphatic rings. The Kier molecular flexibility index (Phi) is 31.4. The highest BCUT2D eigenvalue weighted by Crippen LogP contribution is 2.34. The van der Waals surface area contributed by atoms with Gasteiger partial charge in [-0.15, -0.1) is 0 Å². The van der Waals surface area contributed by atoms with Crippen molar-refractivity contribution < 1.29 is 30.1 Å². The van der Waals surface area contributed by atoms with E-state index in [9.17, 15) is 20.3 Å². The largest absolute Gasteiger partial charge is 0.508 e. The number of aromatic hydroxyl groups is 3. The van der Waals surface area contributed by atoms with Crippen LogP contribution in [0.3, 0.4) is 0 Å². The Labute approximate surface area is 397 Å². The van der Waals surface area contributed by atoms with E-state index in [2.05, 4.69) is 19.1 Å². The van der Waals surface area contributed by atoms with E-state index in [4.69, 9.17) is 61.0 Å². The number of halogens is 1. The lowest BCUT2D eigenvalue weighted by molar-refractivity contribution is -0.385. The van der Waals surface area contributed by atoms with Crippen LogP contribution in [0.25, 0.3) is 0 Å². The highest BCUT2D eigenvalue weighted by molar-refractivity contribution is 6.30. The molecule has 0 radical (unpaired) electrons. The van der Waals surface area contributed by atoms with Crippen molar-refractivity contribution in [3.05, 3.63) is 191 Å². The fourth-order valence-electron chi connectivity index (χ4n) is 5.57. The average Bonchev–Trinajstić information content (AvgIpc) is 3.30. The average molecular weight is 933 g/mol. The number of hydrogen-bond acceptors (Lipinski definition) is 13. The van der Waals surface area contributed by atoms with Crippen molar-refractivity contribution in [1.82, 2.24) is 0 Å². The number of nitro groups is 1. The summed E-state index contributed by atoms with van der Waals surface area (Å²) in [6, 6.07) is 32.9. The molecule has 6 rings (SSSR count). The number of ether oxygens (including phenoxy) is 1. The number of hydrogen-bond donors (Lipinski definition) is 10. The zero-order valence-corrected chi connectivity index (χ0v) is 38.4. The van der Waals surface area contributed by atoms with Crippen LogP contribution in [0.2, 0.25) is 5.02 Å². The van der Waals surface area contributed by atoms with Gasteiger partial charge < -0.3 is 59.6 Å². The van der Waals surface area contributed by atoms with Gasteiger partial charge in [0.2, 0.25) is 0 Å².